The summed E-state index contributed by atoms with van der Waals surface area (Å²) in [5.74, 6) is -1.39. The van der Waals surface area contributed by atoms with Gasteiger partial charge in [-0.1, -0.05) is 24.3 Å². The van der Waals surface area contributed by atoms with Gasteiger partial charge in [0.05, 0.1) is 24.4 Å². The van der Waals surface area contributed by atoms with Gasteiger partial charge in [0.1, 0.15) is 5.83 Å². The first-order valence-corrected chi connectivity index (χ1v) is 9.80. The van der Waals surface area contributed by atoms with E-state index in [1.165, 1.54) is 31.4 Å². The number of rotatable bonds is 8. The molecule has 30 heavy (non-hydrogen) atoms. The van der Waals surface area contributed by atoms with Crippen molar-refractivity contribution in [1.29, 1.82) is 0 Å². The maximum Gasteiger partial charge on any atom is 0.339 e. The van der Waals surface area contributed by atoms with E-state index in [0.29, 0.717) is 13.1 Å². The van der Waals surface area contributed by atoms with Crippen LogP contribution in [0.1, 0.15) is 30.4 Å². The van der Waals surface area contributed by atoms with E-state index in [0.717, 1.165) is 29.7 Å². The van der Waals surface area contributed by atoms with Crippen LogP contribution in [0.15, 0.2) is 76.0 Å². The highest BCUT2D eigenvalue weighted by molar-refractivity contribution is 6.09. The van der Waals surface area contributed by atoms with E-state index in [2.05, 4.69) is 4.99 Å². The van der Waals surface area contributed by atoms with E-state index in [4.69, 9.17) is 10.5 Å². The van der Waals surface area contributed by atoms with Crippen molar-refractivity contribution in [2.45, 2.75) is 32.4 Å². The normalized spacial score (nSPS) is 17.1. The second-order valence-electron chi connectivity index (χ2n) is 7.28. The summed E-state index contributed by atoms with van der Waals surface area (Å²) in [4.78, 5) is 17.4. The maximum absolute atomic E-state index is 13.8. The number of carbonyl (C=O) groups is 1. The minimum absolute atomic E-state index is 0.0290. The summed E-state index contributed by atoms with van der Waals surface area (Å²) in [6, 6.07) is 7.83. The van der Waals surface area contributed by atoms with Crippen molar-refractivity contribution in [3.05, 3.63) is 82.1 Å². The lowest BCUT2D eigenvalue weighted by atomic mass is 9.89. The summed E-state index contributed by atoms with van der Waals surface area (Å²) in [5.41, 5.74) is 10.2. The number of aliphatic imine (C=N–C) groups is 1. The Labute approximate surface area is 175 Å². The van der Waals surface area contributed by atoms with Crippen molar-refractivity contribution in [2.24, 2.45) is 10.7 Å². The number of methoxy groups -OCH3 is 1. The summed E-state index contributed by atoms with van der Waals surface area (Å²) in [5, 5.41) is 9.23. The van der Waals surface area contributed by atoms with Crippen LogP contribution in [0.25, 0.3) is 0 Å². The number of carboxylic acids is 1. The quantitative estimate of drug-likeness (QED) is 0.502. The fourth-order valence-electron chi connectivity index (χ4n) is 3.28. The highest BCUT2D eigenvalue weighted by atomic mass is 19.1. The molecule has 1 saturated carbocycles. The predicted molar refractivity (Wildman–Crippen MR) is 114 cm³/mol. The molecule has 3 rings (SSSR count). The molecule has 1 aliphatic heterocycles. The number of ether oxygens (including phenoxy) is 1. The number of hydrogen-bond donors (Lipinski definition) is 2. The van der Waals surface area contributed by atoms with Gasteiger partial charge in [-0.15, -0.1) is 0 Å². The largest absolute Gasteiger partial charge is 0.478 e. The summed E-state index contributed by atoms with van der Waals surface area (Å²) >= 11 is 0. The molecule has 7 heteroatoms. The van der Waals surface area contributed by atoms with Crippen LogP contribution in [0.3, 0.4) is 0 Å². The Morgan fingerprint density at radius 3 is 2.57 bits per heavy atom. The van der Waals surface area contributed by atoms with E-state index in [1.807, 2.05) is 35.2 Å². The van der Waals surface area contributed by atoms with Crippen LogP contribution in [0.4, 0.5) is 4.39 Å². The Bertz CT molecular complexity index is 937. The lowest BCUT2D eigenvalue weighted by molar-refractivity contribution is -0.132. The number of halogens is 1. The molecule has 1 heterocycles. The molecule has 1 aromatic rings. The first-order valence-electron chi connectivity index (χ1n) is 9.80. The molecule has 2 aliphatic rings. The molecule has 0 aromatic heterocycles. The maximum atomic E-state index is 13.8. The molecule has 158 valence electrons. The van der Waals surface area contributed by atoms with Gasteiger partial charge in [-0.05, 0) is 48.1 Å². The monoisotopic (exact) mass is 411 g/mol. The van der Waals surface area contributed by atoms with Gasteiger partial charge in [0.2, 0.25) is 0 Å². The molecule has 3 N–H and O–H groups in total. The molecule has 1 fully saturated rings. The van der Waals surface area contributed by atoms with Gasteiger partial charge in [-0.3, -0.25) is 4.99 Å². The average molecular weight is 411 g/mol. The highest BCUT2D eigenvalue weighted by Gasteiger charge is 2.19. The van der Waals surface area contributed by atoms with Crippen molar-refractivity contribution in [2.75, 3.05) is 13.7 Å². The topological polar surface area (TPSA) is 88.2 Å². The van der Waals surface area contributed by atoms with Gasteiger partial charge in [0.25, 0.3) is 0 Å². The SMILES string of the molecule is COC/C(N)=C(/C=NCc1ccc(CN2C=C(F)C=CC2=C2CCC2)cc1)C(=O)O. The van der Waals surface area contributed by atoms with Crippen LogP contribution < -0.4 is 5.73 Å². The summed E-state index contributed by atoms with van der Waals surface area (Å²) < 4.78 is 18.6. The summed E-state index contributed by atoms with van der Waals surface area (Å²) in [6.45, 7) is 0.939. The smallest absolute Gasteiger partial charge is 0.339 e. The van der Waals surface area contributed by atoms with Crippen molar-refractivity contribution in [3.63, 3.8) is 0 Å². The Morgan fingerprint density at radius 2 is 1.97 bits per heavy atom. The molecule has 0 amide bonds. The predicted octanol–water partition coefficient (Wildman–Crippen LogP) is 3.82. The minimum atomic E-state index is -1.14. The van der Waals surface area contributed by atoms with Crippen LogP contribution in [-0.4, -0.2) is 35.9 Å². The van der Waals surface area contributed by atoms with E-state index < -0.39 is 5.97 Å². The van der Waals surface area contributed by atoms with Crippen molar-refractivity contribution < 1.29 is 19.0 Å². The first-order chi connectivity index (χ1) is 14.5. The van der Waals surface area contributed by atoms with Crippen LogP contribution in [-0.2, 0) is 22.6 Å². The molecule has 0 atom stereocenters. The molecule has 1 aromatic carbocycles. The van der Waals surface area contributed by atoms with Gasteiger partial charge in [0, 0.05) is 31.8 Å². The molecule has 6 nitrogen and oxygen atoms in total. The molecule has 0 spiro atoms. The van der Waals surface area contributed by atoms with Crippen molar-refractivity contribution in [3.8, 4) is 0 Å². The second kappa shape index (κ2) is 10.0. The Morgan fingerprint density at radius 1 is 1.27 bits per heavy atom. The number of nitrogens with two attached hydrogens (primary N) is 1. The van der Waals surface area contributed by atoms with Gasteiger partial charge < -0.3 is 20.5 Å². The van der Waals surface area contributed by atoms with Gasteiger partial charge in [-0.2, -0.15) is 0 Å². The third-order valence-electron chi connectivity index (χ3n) is 5.05. The van der Waals surface area contributed by atoms with E-state index in [9.17, 15) is 14.3 Å². The number of hydrogen-bond acceptors (Lipinski definition) is 5. The first kappa shape index (κ1) is 21.5. The van der Waals surface area contributed by atoms with Crippen LogP contribution in [0, 0.1) is 0 Å². The molecular formula is C23H26FN3O3. The third-order valence-corrected chi connectivity index (χ3v) is 5.05. The van der Waals surface area contributed by atoms with Crippen LogP contribution in [0.5, 0.6) is 0 Å². The highest BCUT2D eigenvalue weighted by Crippen LogP contribution is 2.33. The molecule has 0 radical (unpaired) electrons. The number of carboxylic acid groups (broad SMARTS) is 1. The average Bonchev–Trinajstić information content (AvgIpc) is 2.67. The molecular weight excluding hydrogens is 385 g/mol. The number of nitrogens with zero attached hydrogens (tertiary/aromatic N) is 2. The zero-order chi connectivity index (χ0) is 21.5. The molecule has 0 saturated heterocycles. The number of aliphatic carboxylic acids is 1. The Balaban J connectivity index is 1.64. The zero-order valence-electron chi connectivity index (χ0n) is 17.0. The standard InChI is InChI=1S/C23H26FN3O3/c1-30-15-21(25)20(23(28)29)12-26-11-16-5-7-17(8-6-16)13-27-14-19(24)9-10-22(27)18-3-2-4-18/h5-10,12,14H,2-4,11,13,15,25H2,1H3,(H,28,29)/b21-20+,26-12?. The van der Waals surface area contributed by atoms with E-state index in [-0.39, 0.29) is 23.7 Å². The lowest BCUT2D eigenvalue weighted by Gasteiger charge is -2.30. The lowest BCUT2D eigenvalue weighted by Crippen LogP contribution is -2.21. The third kappa shape index (κ3) is 5.45. The summed E-state index contributed by atoms with van der Waals surface area (Å²) in [7, 11) is 1.45. The van der Waals surface area contributed by atoms with Crippen molar-refractivity contribution >= 4 is 12.2 Å². The van der Waals surface area contributed by atoms with E-state index >= 15 is 0 Å². The number of benzene rings is 1. The zero-order valence-corrected chi connectivity index (χ0v) is 17.0. The van der Waals surface area contributed by atoms with Crippen LogP contribution in [0.2, 0.25) is 0 Å². The fourth-order valence-corrected chi connectivity index (χ4v) is 3.28. The molecule has 0 bridgehead atoms. The fraction of sp³-hybridized carbons (Fsp3) is 0.304. The van der Waals surface area contributed by atoms with E-state index in [1.54, 1.807) is 6.20 Å². The minimum Gasteiger partial charge on any atom is -0.478 e. The number of allylic oxidation sites excluding steroid dienone is 4. The van der Waals surface area contributed by atoms with Gasteiger partial charge in [-0.25, -0.2) is 9.18 Å². The Kier molecular flexibility index (Phi) is 7.19. The van der Waals surface area contributed by atoms with Gasteiger partial charge >= 0.3 is 5.97 Å². The van der Waals surface area contributed by atoms with Crippen LogP contribution >= 0.6 is 0 Å². The van der Waals surface area contributed by atoms with Gasteiger partial charge in [0.15, 0.2) is 0 Å². The summed E-state index contributed by atoms with van der Waals surface area (Å²) in [6.07, 6.45) is 9.51. The molecule has 1 aliphatic carbocycles. The Hall–Kier alpha value is -3.19. The second-order valence-corrected chi connectivity index (χ2v) is 7.28. The van der Waals surface area contributed by atoms with Crippen molar-refractivity contribution in [1.82, 2.24) is 4.90 Å². The molecule has 0 unspecified atom stereocenters.